The molecule has 2 aromatic heterocycles. The third kappa shape index (κ3) is 2.25. The van der Waals surface area contributed by atoms with Gasteiger partial charge in [-0.25, -0.2) is 4.68 Å². The van der Waals surface area contributed by atoms with Crippen molar-refractivity contribution in [3.05, 3.63) is 17.5 Å². The molecule has 0 radical (unpaired) electrons. The number of carbonyl (C=O) groups excluding carboxylic acids is 1. The fraction of sp³-hybridized carbons (Fsp3) is 0.333. The number of rotatable bonds is 4. The van der Waals surface area contributed by atoms with Gasteiger partial charge in [-0.15, -0.1) is 16.4 Å². The van der Waals surface area contributed by atoms with Crippen molar-refractivity contribution in [2.75, 3.05) is 6.61 Å². The SMILES string of the molecule is CCOC(=O)Cn1nnnc1-c1cccs1. The van der Waals surface area contributed by atoms with Gasteiger partial charge in [0.25, 0.3) is 0 Å². The molecule has 0 amide bonds. The Morgan fingerprint density at radius 2 is 2.50 bits per heavy atom. The highest BCUT2D eigenvalue weighted by Gasteiger charge is 2.13. The number of esters is 1. The lowest BCUT2D eigenvalue weighted by molar-refractivity contribution is -0.144. The molecule has 0 bridgehead atoms. The first kappa shape index (κ1) is 10.7. The summed E-state index contributed by atoms with van der Waals surface area (Å²) in [6.07, 6.45) is 0. The number of thiophene rings is 1. The van der Waals surface area contributed by atoms with Gasteiger partial charge in [0.1, 0.15) is 6.54 Å². The molecular weight excluding hydrogens is 228 g/mol. The van der Waals surface area contributed by atoms with E-state index in [9.17, 15) is 4.79 Å². The Labute approximate surface area is 95.8 Å². The second-order valence-electron chi connectivity index (χ2n) is 2.94. The Morgan fingerprint density at radius 3 is 3.19 bits per heavy atom. The molecule has 2 aromatic rings. The smallest absolute Gasteiger partial charge is 0.327 e. The summed E-state index contributed by atoms with van der Waals surface area (Å²) in [6.45, 7) is 2.15. The van der Waals surface area contributed by atoms with Crippen molar-refractivity contribution < 1.29 is 9.53 Å². The molecule has 0 spiro atoms. The molecule has 0 fully saturated rings. The van der Waals surface area contributed by atoms with Crippen LogP contribution in [0.25, 0.3) is 10.7 Å². The third-order valence-electron chi connectivity index (χ3n) is 1.86. The van der Waals surface area contributed by atoms with E-state index in [1.54, 1.807) is 6.92 Å². The van der Waals surface area contributed by atoms with Gasteiger partial charge < -0.3 is 4.74 Å². The normalized spacial score (nSPS) is 10.3. The molecule has 0 saturated carbocycles. The zero-order valence-electron chi connectivity index (χ0n) is 8.66. The molecular formula is C9H10N4O2S. The lowest BCUT2D eigenvalue weighted by Gasteiger charge is -2.02. The van der Waals surface area contributed by atoms with E-state index in [1.165, 1.54) is 16.0 Å². The van der Waals surface area contributed by atoms with Crippen LogP contribution in [-0.4, -0.2) is 32.8 Å². The Bertz CT molecular complexity index is 466. The molecule has 0 aliphatic rings. The van der Waals surface area contributed by atoms with Gasteiger partial charge in [0.2, 0.25) is 0 Å². The number of ether oxygens (including phenoxy) is 1. The summed E-state index contributed by atoms with van der Waals surface area (Å²) >= 11 is 1.52. The summed E-state index contributed by atoms with van der Waals surface area (Å²) < 4.78 is 6.27. The van der Waals surface area contributed by atoms with Gasteiger partial charge in [-0.05, 0) is 28.8 Å². The second kappa shape index (κ2) is 4.84. The molecule has 2 rings (SSSR count). The molecule has 0 unspecified atom stereocenters. The molecule has 0 saturated heterocycles. The highest BCUT2D eigenvalue weighted by atomic mass is 32.1. The maximum Gasteiger partial charge on any atom is 0.327 e. The number of carbonyl (C=O) groups is 1. The van der Waals surface area contributed by atoms with Gasteiger partial charge in [-0.3, -0.25) is 4.79 Å². The van der Waals surface area contributed by atoms with E-state index in [0.717, 1.165) is 4.88 Å². The number of hydrogen-bond donors (Lipinski definition) is 0. The first-order valence-electron chi connectivity index (χ1n) is 4.77. The molecule has 0 atom stereocenters. The zero-order chi connectivity index (χ0) is 11.4. The molecule has 16 heavy (non-hydrogen) atoms. The third-order valence-corrected chi connectivity index (χ3v) is 2.72. The summed E-state index contributed by atoms with van der Waals surface area (Å²) in [5.74, 6) is 0.246. The first-order chi connectivity index (χ1) is 7.81. The van der Waals surface area contributed by atoms with Crippen molar-refractivity contribution in [3.8, 4) is 10.7 Å². The van der Waals surface area contributed by atoms with E-state index in [2.05, 4.69) is 15.5 Å². The van der Waals surface area contributed by atoms with Crippen molar-refractivity contribution in [3.63, 3.8) is 0 Å². The Morgan fingerprint density at radius 1 is 1.62 bits per heavy atom. The van der Waals surface area contributed by atoms with Crippen LogP contribution >= 0.6 is 11.3 Å². The summed E-state index contributed by atoms with van der Waals surface area (Å²) in [5, 5.41) is 13.1. The number of nitrogens with zero attached hydrogens (tertiary/aromatic N) is 4. The standard InChI is InChI=1S/C9H10N4O2S/c1-2-15-8(14)6-13-9(10-11-12-13)7-4-3-5-16-7/h3-5H,2,6H2,1H3. The van der Waals surface area contributed by atoms with Gasteiger partial charge in [0.05, 0.1) is 11.5 Å². The van der Waals surface area contributed by atoms with Crippen LogP contribution in [0.15, 0.2) is 17.5 Å². The molecule has 0 N–H and O–H groups in total. The van der Waals surface area contributed by atoms with Crippen LogP contribution in [0.3, 0.4) is 0 Å². The minimum atomic E-state index is -0.340. The zero-order valence-corrected chi connectivity index (χ0v) is 9.48. The molecule has 0 aromatic carbocycles. The number of hydrogen-bond acceptors (Lipinski definition) is 6. The Hall–Kier alpha value is -1.76. The van der Waals surface area contributed by atoms with Crippen LogP contribution < -0.4 is 0 Å². The van der Waals surface area contributed by atoms with E-state index >= 15 is 0 Å². The van der Waals surface area contributed by atoms with Crippen molar-refractivity contribution in [2.24, 2.45) is 0 Å². The number of aromatic nitrogens is 4. The molecule has 0 aliphatic heterocycles. The summed E-state index contributed by atoms with van der Waals surface area (Å²) in [4.78, 5) is 12.2. The monoisotopic (exact) mass is 238 g/mol. The average Bonchev–Trinajstić information content (AvgIpc) is 2.86. The predicted molar refractivity (Wildman–Crippen MR) is 57.8 cm³/mol. The maximum atomic E-state index is 11.3. The van der Waals surface area contributed by atoms with Crippen molar-refractivity contribution in [2.45, 2.75) is 13.5 Å². The molecule has 6 nitrogen and oxygen atoms in total. The van der Waals surface area contributed by atoms with Crippen LogP contribution in [0, 0.1) is 0 Å². The van der Waals surface area contributed by atoms with E-state index < -0.39 is 0 Å². The molecule has 2 heterocycles. The van der Waals surface area contributed by atoms with Crippen LogP contribution in [-0.2, 0) is 16.1 Å². The van der Waals surface area contributed by atoms with Gasteiger partial charge in [-0.2, -0.15) is 0 Å². The molecule has 7 heteroatoms. The second-order valence-corrected chi connectivity index (χ2v) is 3.89. The van der Waals surface area contributed by atoms with Gasteiger partial charge in [-0.1, -0.05) is 6.07 Å². The van der Waals surface area contributed by atoms with E-state index in [-0.39, 0.29) is 12.5 Å². The lowest BCUT2D eigenvalue weighted by atomic mass is 10.4. The predicted octanol–water partition coefficient (Wildman–Crippen LogP) is 0.965. The minimum absolute atomic E-state index is 0.0358. The van der Waals surface area contributed by atoms with E-state index in [0.29, 0.717) is 12.4 Å². The Kier molecular flexibility index (Phi) is 3.25. The van der Waals surface area contributed by atoms with Crippen molar-refractivity contribution in [1.82, 2.24) is 20.2 Å². The van der Waals surface area contributed by atoms with Gasteiger partial charge >= 0.3 is 5.97 Å². The van der Waals surface area contributed by atoms with E-state index in [4.69, 9.17) is 4.74 Å². The van der Waals surface area contributed by atoms with Crippen LogP contribution in [0.4, 0.5) is 0 Å². The fourth-order valence-electron chi connectivity index (χ4n) is 1.22. The highest BCUT2D eigenvalue weighted by Crippen LogP contribution is 2.21. The first-order valence-corrected chi connectivity index (χ1v) is 5.65. The fourth-order valence-corrected chi connectivity index (χ4v) is 1.93. The van der Waals surface area contributed by atoms with Crippen molar-refractivity contribution >= 4 is 17.3 Å². The lowest BCUT2D eigenvalue weighted by Crippen LogP contribution is -2.15. The van der Waals surface area contributed by atoms with Crippen LogP contribution in [0.1, 0.15) is 6.92 Å². The van der Waals surface area contributed by atoms with E-state index in [1.807, 2.05) is 17.5 Å². The quantitative estimate of drug-likeness (QED) is 0.742. The summed E-state index contributed by atoms with van der Waals surface area (Å²) in [5.41, 5.74) is 0. The largest absolute Gasteiger partial charge is 0.465 e. The summed E-state index contributed by atoms with van der Waals surface area (Å²) in [6, 6.07) is 3.81. The Balaban J connectivity index is 2.17. The van der Waals surface area contributed by atoms with Crippen molar-refractivity contribution in [1.29, 1.82) is 0 Å². The summed E-state index contributed by atoms with van der Waals surface area (Å²) in [7, 11) is 0. The number of tetrazole rings is 1. The van der Waals surface area contributed by atoms with Gasteiger partial charge in [0.15, 0.2) is 5.82 Å². The topological polar surface area (TPSA) is 69.9 Å². The van der Waals surface area contributed by atoms with Gasteiger partial charge in [0, 0.05) is 0 Å². The average molecular weight is 238 g/mol. The highest BCUT2D eigenvalue weighted by molar-refractivity contribution is 7.13. The molecule has 0 aliphatic carbocycles. The maximum absolute atomic E-state index is 11.3. The van der Waals surface area contributed by atoms with Crippen LogP contribution in [0.5, 0.6) is 0 Å². The molecule has 84 valence electrons. The minimum Gasteiger partial charge on any atom is -0.465 e. The van der Waals surface area contributed by atoms with Crippen LogP contribution in [0.2, 0.25) is 0 Å².